The molecule has 17 heavy (non-hydrogen) atoms. The van der Waals surface area contributed by atoms with Crippen LogP contribution in [0.5, 0.6) is 5.75 Å². The van der Waals surface area contributed by atoms with E-state index in [1.807, 2.05) is 25.7 Å². The molecule has 0 saturated heterocycles. The summed E-state index contributed by atoms with van der Waals surface area (Å²) in [7, 11) is 5.77. The summed E-state index contributed by atoms with van der Waals surface area (Å²) >= 11 is 6.18. The van der Waals surface area contributed by atoms with Crippen LogP contribution >= 0.6 is 11.6 Å². The van der Waals surface area contributed by atoms with E-state index in [9.17, 15) is 0 Å². The van der Waals surface area contributed by atoms with Crippen molar-refractivity contribution in [2.75, 3.05) is 27.7 Å². The molecule has 0 aliphatic carbocycles. The summed E-state index contributed by atoms with van der Waals surface area (Å²) < 4.78 is 7.34. The maximum Gasteiger partial charge on any atom is 0.160 e. The van der Waals surface area contributed by atoms with Crippen molar-refractivity contribution in [3.8, 4) is 5.75 Å². The minimum absolute atomic E-state index is 0.0544. The van der Waals surface area contributed by atoms with E-state index in [1.54, 1.807) is 13.3 Å². The summed E-state index contributed by atoms with van der Waals surface area (Å²) in [6.07, 6.45) is 1.76. The average Bonchev–Trinajstić information content (AvgIpc) is 2.67. The van der Waals surface area contributed by atoms with E-state index in [-0.39, 0.29) is 11.3 Å². The van der Waals surface area contributed by atoms with Gasteiger partial charge in [0.15, 0.2) is 5.75 Å². The van der Waals surface area contributed by atoms with Gasteiger partial charge in [-0.05, 0) is 21.0 Å². The second-order valence-corrected chi connectivity index (χ2v) is 5.28. The van der Waals surface area contributed by atoms with Crippen molar-refractivity contribution in [3.63, 3.8) is 0 Å². The summed E-state index contributed by atoms with van der Waals surface area (Å²) in [4.78, 5) is 2.13. The molecule has 1 aromatic rings. The average molecular weight is 260 g/mol. The number of nitrogens with zero attached hydrogens (tertiary/aromatic N) is 3. The van der Waals surface area contributed by atoms with Gasteiger partial charge >= 0.3 is 0 Å². The normalized spacial score (nSPS) is 15.0. The lowest BCUT2D eigenvalue weighted by Crippen LogP contribution is -2.22. The van der Waals surface area contributed by atoms with E-state index >= 15 is 0 Å². The molecular weight excluding hydrogens is 238 g/mol. The Morgan fingerprint density at radius 2 is 2.12 bits per heavy atom. The fourth-order valence-electron chi connectivity index (χ4n) is 1.68. The molecule has 4 nitrogen and oxygen atoms in total. The van der Waals surface area contributed by atoms with Crippen LogP contribution in [-0.4, -0.2) is 47.8 Å². The standard InChI is InChI=1S/C12H22ClN3O/c1-9(10(2)13)12-11(17-5)8-14-16(12)7-6-15(3)4/h8-10H,6-7H2,1-5H3. The number of aromatic nitrogens is 2. The van der Waals surface area contributed by atoms with Gasteiger partial charge in [-0.25, -0.2) is 0 Å². The molecule has 0 aliphatic heterocycles. The number of likely N-dealkylation sites (N-methyl/N-ethyl adjacent to an activating group) is 1. The molecule has 0 spiro atoms. The zero-order valence-corrected chi connectivity index (χ0v) is 12.0. The maximum absolute atomic E-state index is 6.18. The minimum Gasteiger partial charge on any atom is -0.493 e. The number of hydrogen-bond acceptors (Lipinski definition) is 3. The number of ether oxygens (including phenoxy) is 1. The first kappa shape index (κ1) is 14.3. The van der Waals surface area contributed by atoms with Crippen LogP contribution in [0, 0.1) is 0 Å². The first-order chi connectivity index (χ1) is 7.97. The van der Waals surface area contributed by atoms with Gasteiger partial charge in [0.2, 0.25) is 0 Å². The SMILES string of the molecule is COc1cnn(CCN(C)C)c1C(C)C(C)Cl. The van der Waals surface area contributed by atoms with Crippen LogP contribution in [-0.2, 0) is 6.54 Å². The predicted octanol–water partition coefficient (Wildman–Crippen LogP) is 2.18. The van der Waals surface area contributed by atoms with Gasteiger partial charge in [0.25, 0.3) is 0 Å². The van der Waals surface area contributed by atoms with Crippen LogP contribution in [0.1, 0.15) is 25.5 Å². The molecule has 0 radical (unpaired) electrons. The van der Waals surface area contributed by atoms with E-state index in [0.717, 1.165) is 24.5 Å². The molecule has 1 rings (SSSR count). The quantitative estimate of drug-likeness (QED) is 0.734. The molecule has 0 N–H and O–H groups in total. The zero-order chi connectivity index (χ0) is 13.0. The summed E-state index contributed by atoms with van der Waals surface area (Å²) in [5.74, 6) is 1.04. The molecule has 1 heterocycles. The first-order valence-electron chi connectivity index (χ1n) is 5.85. The number of hydrogen-bond donors (Lipinski definition) is 0. The third-order valence-electron chi connectivity index (χ3n) is 2.94. The Morgan fingerprint density at radius 3 is 2.59 bits per heavy atom. The molecule has 2 atom stereocenters. The second-order valence-electron chi connectivity index (χ2n) is 4.59. The highest BCUT2D eigenvalue weighted by atomic mass is 35.5. The van der Waals surface area contributed by atoms with Crippen LogP contribution in [0.2, 0.25) is 0 Å². The maximum atomic E-state index is 6.18. The smallest absolute Gasteiger partial charge is 0.160 e. The Hall–Kier alpha value is -0.740. The van der Waals surface area contributed by atoms with Crippen LogP contribution < -0.4 is 4.74 Å². The Balaban J connectivity index is 2.93. The van der Waals surface area contributed by atoms with Crippen molar-refractivity contribution in [1.82, 2.24) is 14.7 Å². The van der Waals surface area contributed by atoms with E-state index in [2.05, 4.69) is 16.9 Å². The topological polar surface area (TPSA) is 30.3 Å². The highest BCUT2D eigenvalue weighted by molar-refractivity contribution is 6.20. The van der Waals surface area contributed by atoms with Crippen molar-refractivity contribution in [2.24, 2.45) is 0 Å². The summed E-state index contributed by atoms with van der Waals surface area (Å²) in [5, 5.41) is 4.42. The van der Waals surface area contributed by atoms with Crippen molar-refractivity contribution < 1.29 is 4.74 Å². The number of methoxy groups -OCH3 is 1. The lowest BCUT2D eigenvalue weighted by atomic mass is 10.0. The molecular formula is C12H22ClN3O. The van der Waals surface area contributed by atoms with Crippen LogP contribution in [0.25, 0.3) is 0 Å². The summed E-state index contributed by atoms with van der Waals surface area (Å²) in [6, 6.07) is 0. The van der Waals surface area contributed by atoms with Crippen molar-refractivity contribution in [3.05, 3.63) is 11.9 Å². The Bertz CT molecular complexity index is 350. The van der Waals surface area contributed by atoms with Gasteiger partial charge in [0, 0.05) is 17.8 Å². The van der Waals surface area contributed by atoms with Gasteiger partial charge in [-0.1, -0.05) is 6.92 Å². The molecule has 0 fully saturated rings. The Labute approximate surface area is 108 Å². The molecule has 1 aromatic heterocycles. The van der Waals surface area contributed by atoms with E-state index < -0.39 is 0 Å². The van der Waals surface area contributed by atoms with E-state index in [0.29, 0.717) is 0 Å². The molecule has 2 unspecified atom stereocenters. The fourth-order valence-corrected chi connectivity index (χ4v) is 1.80. The number of halogens is 1. The molecule has 5 heteroatoms. The predicted molar refractivity (Wildman–Crippen MR) is 71.1 cm³/mol. The van der Waals surface area contributed by atoms with Crippen LogP contribution in [0.4, 0.5) is 0 Å². The lowest BCUT2D eigenvalue weighted by molar-refractivity contribution is 0.361. The summed E-state index contributed by atoms with van der Waals surface area (Å²) in [6.45, 7) is 5.89. The van der Waals surface area contributed by atoms with Gasteiger partial charge in [0.1, 0.15) is 0 Å². The summed E-state index contributed by atoms with van der Waals surface area (Å²) in [5.41, 5.74) is 1.08. The third kappa shape index (κ3) is 3.61. The molecule has 0 bridgehead atoms. The molecule has 0 amide bonds. The van der Waals surface area contributed by atoms with Crippen molar-refractivity contribution in [1.29, 1.82) is 0 Å². The number of alkyl halides is 1. The van der Waals surface area contributed by atoms with Crippen molar-refractivity contribution >= 4 is 11.6 Å². The fraction of sp³-hybridized carbons (Fsp3) is 0.750. The van der Waals surface area contributed by atoms with E-state index in [1.165, 1.54) is 0 Å². The molecule has 0 saturated carbocycles. The highest BCUT2D eigenvalue weighted by Crippen LogP contribution is 2.30. The monoisotopic (exact) mass is 259 g/mol. The Kier molecular flexibility index (Phi) is 5.28. The molecule has 0 aromatic carbocycles. The van der Waals surface area contributed by atoms with Crippen LogP contribution in [0.15, 0.2) is 6.20 Å². The first-order valence-corrected chi connectivity index (χ1v) is 6.29. The van der Waals surface area contributed by atoms with Crippen LogP contribution in [0.3, 0.4) is 0 Å². The second kappa shape index (κ2) is 6.26. The van der Waals surface area contributed by atoms with Gasteiger partial charge in [-0.2, -0.15) is 5.10 Å². The minimum atomic E-state index is 0.0544. The van der Waals surface area contributed by atoms with Gasteiger partial charge in [-0.15, -0.1) is 11.6 Å². The largest absolute Gasteiger partial charge is 0.493 e. The lowest BCUT2D eigenvalue weighted by Gasteiger charge is -2.18. The Morgan fingerprint density at radius 1 is 1.47 bits per heavy atom. The van der Waals surface area contributed by atoms with Gasteiger partial charge in [0.05, 0.1) is 25.5 Å². The van der Waals surface area contributed by atoms with Crippen molar-refractivity contribution in [2.45, 2.75) is 31.7 Å². The molecule has 0 aliphatic rings. The molecule has 98 valence electrons. The third-order valence-corrected chi connectivity index (χ3v) is 3.32. The highest BCUT2D eigenvalue weighted by Gasteiger charge is 2.21. The van der Waals surface area contributed by atoms with E-state index in [4.69, 9.17) is 16.3 Å². The number of rotatable bonds is 6. The van der Waals surface area contributed by atoms with Gasteiger partial charge < -0.3 is 9.64 Å². The zero-order valence-electron chi connectivity index (χ0n) is 11.3. The van der Waals surface area contributed by atoms with Gasteiger partial charge in [-0.3, -0.25) is 4.68 Å².